The highest BCUT2D eigenvalue weighted by atomic mass is 16.5. The molecule has 0 radical (unpaired) electrons. The lowest BCUT2D eigenvalue weighted by atomic mass is 10.4. The van der Waals surface area contributed by atoms with Crippen LogP contribution >= 0.6 is 0 Å². The van der Waals surface area contributed by atoms with Gasteiger partial charge >= 0.3 is 6.09 Å². The lowest BCUT2D eigenvalue weighted by Crippen LogP contribution is -2.29. The van der Waals surface area contributed by atoms with Crippen molar-refractivity contribution in [2.24, 2.45) is 5.92 Å². The second-order valence-electron chi connectivity index (χ2n) is 3.02. The van der Waals surface area contributed by atoms with Crippen molar-refractivity contribution in [3.05, 3.63) is 0 Å². The first kappa shape index (κ1) is 8.37. The third-order valence-electron chi connectivity index (χ3n) is 1.81. The third kappa shape index (κ3) is 2.78. The normalized spacial score (nSPS) is 16.2. The number of hydrogen-bond donors (Lipinski definition) is 0. The molecule has 0 spiro atoms. The molecule has 0 aromatic heterocycles. The summed E-state index contributed by atoms with van der Waals surface area (Å²) in [6, 6.07) is 0. The number of nitrogens with zero attached hydrogens (tertiary/aromatic N) is 1. The van der Waals surface area contributed by atoms with Gasteiger partial charge in [0.25, 0.3) is 0 Å². The molecule has 0 aliphatic heterocycles. The summed E-state index contributed by atoms with van der Waals surface area (Å²) in [6.07, 6.45) is 2.34. The van der Waals surface area contributed by atoms with Gasteiger partial charge in [-0.05, 0) is 25.7 Å². The van der Waals surface area contributed by atoms with Gasteiger partial charge in [0, 0.05) is 13.6 Å². The van der Waals surface area contributed by atoms with Crippen LogP contribution in [0.2, 0.25) is 0 Å². The Kier molecular flexibility index (Phi) is 2.74. The first-order valence-corrected chi connectivity index (χ1v) is 4.12. The van der Waals surface area contributed by atoms with E-state index >= 15 is 0 Å². The summed E-state index contributed by atoms with van der Waals surface area (Å²) in [5.74, 6) is 0.740. The van der Waals surface area contributed by atoms with Crippen LogP contribution in [0.15, 0.2) is 0 Å². The molecule has 0 unspecified atom stereocenters. The summed E-state index contributed by atoms with van der Waals surface area (Å²) in [6.45, 7) is 3.15. The molecule has 0 aromatic rings. The molecule has 3 heteroatoms. The second-order valence-corrected chi connectivity index (χ2v) is 3.02. The quantitative estimate of drug-likeness (QED) is 0.621. The minimum absolute atomic E-state index is 0.195. The molecule has 64 valence electrons. The molecular weight excluding hydrogens is 142 g/mol. The van der Waals surface area contributed by atoms with Crippen LogP contribution in [0.4, 0.5) is 4.79 Å². The molecule has 1 fully saturated rings. The molecule has 3 nitrogen and oxygen atoms in total. The van der Waals surface area contributed by atoms with Crippen molar-refractivity contribution in [3.63, 3.8) is 0 Å². The lowest BCUT2D eigenvalue weighted by molar-refractivity contribution is 0.114. The minimum atomic E-state index is -0.195. The molecule has 0 heterocycles. The maximum atomic E-state index is 11.0. The van der Waals surface area contributed by atoms with Gasteiger partial charge < -0.3 is 9.64 Å². The van der Waals surface area contributed by atoms with Crippen LogP contribution in [-0.2, 0) is 4.74 Å². The minimum Gasteiger partial charge on any atom is -0.450 e. The molecule has 1 rings (SSSR count). The Bertz CT molecular complexity index is 143. The van der Waals surface area contributed by atoms with E-state index in [-0.39, 0.29) is 6.09 Å². The topological polar surface area (TPSA) is 29.5 Å². The van der Waals surface area contributed by atoms with E-state index in [1.807, 2.05) is 6.92 Å². The van der Waals surface area contributed by atoms with Gasteiger partial charge in [0.05, 0.1) is 6.61 Å². The Hall–Kier alpha value is -0.730. The molecule has 11 heavy (non-hydrogen) atoms. The van der Waals surface area contributed by atoms with Crippen LogP contribution in [0.25, 0.3) is 0 Å². The van der Waals surface area contributed by atoms with Crippen LogP contribution in [0, 0.1) is 5.92 Å². The number of carbonyl (C=O) groups is 1. The summed E-state index contributed by atoms with van der Waals surface area (Å²) in [7, 11) is 1.79. The average molecular weight is 157 g/mol. The van der Waals surface area contributed by atoms with Gasteiger partial charge in [-0.15, -0.1) is 0 Å². The number of carbonyl (C=O) groups excluding carboxylic acids is 1. The van der Waals surface area contributed by atoms with Gasteiger partial charge in [-0.25, -0.2) is 4.79 Å². The van der Waals surface area contributed by atoms with Crippen molar-refractivity contribution in [2.75, 3.05) is 20.2 Å². The van der Waals surface area contributed by atoms with E-state index in [1.54, 1.807) is 11.9 Å². The Morgan fingerprint density at radius 1 is 1.64 bits per heavy atom. The fourth-order valence-electron chi connectivity index (χ4n) is 0.996. The van der Waals surface area contributed by atoms with Crippen LogP contribution in [0.1, 0.15) is 19.8 Å². The van der Waals surface area contributed by atoms with Gasteiger partial charge in [-0.3, -0.25) is 0 Å². The van der Waals surface area contributed by atoms with Gasteiger partial charge in [0.2, 0.25) is 0 Å². The van der Waals surface area contributed by atoms with Gasteiger partial charge in [-0.1, -0.05) is 0 Å². The number of ether oxygens (including phenoxy) is 1. The van der Waals surface area contributed by atoms with Crippen LogP contribution in [-0.4, -0.2) is 31.2 Å². The summed E-state index contributed by atoms with van der Waals surface area (Å²) >= 11 is 0. The average Bonchev–Trinajstić information content (AvgIpc) is 2.72. The molecule has 1 aliphatic carbocycles. The van der Waals surface area contributed by atoms with Crippen molar-refractivity contribution < 1.29 is 9.53 Å². The first-order valence-electron chi connectivity index (χ1n) is 4.12. The smallest absolute Gasteiger partial charge is 0.409 e. The van der Waals surface area contributed by atoms with E-state index in [2.05, 4.69) is 0 Å². The van der Waals surface area contributed by atoms with Crippen LogP contribution in [0.5, 0.6) is 0 Å². The molecule has 0 bridgehead atoms. The summed E-state index contributed by atoms with van der Waals surface area (Å²) < 4.78 is 4.82. The fourth-order valence-corrected chi connectivity index (χ4v) is 0.996. The van der Waals surface area contributed by atoms with Crippen molar-refractivity contribution in [1.29, 1.82) is 0 Å². The molecule has 0 saturated heterocycles. The zero-order chi connectivity index (χ0) is 8.27. The first-order chi connectivity index (χ1) is 5.24. The van der Waals surface area contributed by atoms with Gasteiger partial charge in [0.15, 0.2) is 0 Å². The van der Waals surface area contributed by atoms with Crippen LogP contribution in [0.3, 0.4) is 0 Å². The highest BCUT2D eigenvalue weighted by Gasteiger charge is 2.24. The molecule has 0 atom stereocenters. The van der Waals surface area contributed by atoms with E-state index in [0.717, 1.165) is 12.5 Å². The van der Waals surface area contributed by atoms with E-state index in [9.17, 15) is 4.79 Å². The monoisotopic (exact) mass is 157 g/mol. The van der Waals surface area contributed by atoms with E-state index < -0.39 is 0 Å². The van der Waals surface area contributed by atoms with E-state index in [0.29, 0.717) is 6.61 Å². The Labute approximate surface area is 67.3 Å². The molecule has 1 saturated carbocycles. The Morgan fingerprint density at radius 3 is 2.73 bits per heavy atom. The largest absolute Gasteiger partial charge is 0.450 e. The highest BCUT2D eigenvalue weighted by Crippen LogP contribution is 2.29. The Morgan fingerprint density at radius 2 is 2.27 bits per heavy atom. The SMILES string of the molecule is CCOC(=O)N(C)CC1CC1. The predicted octanol–water partition coefficient (Wildman–Crippen LogP) is 1.48. The Balaban J connectivity index is 2.15. The predicted molar refractivity (Wildman–Crippen MR) is 42.4 cm³/mol. The summed E-state index contributed by atoms with van der Waals surface area (Å²) in [5, 5.41) is 0. The van der Waals surface area contributed by atoms with Crippen molar-refractivity contribution in [2.45, 2.75) is 19.8 Å². The van der Waals surface area contributed by atoms with Gasteiger partial charge in [0.1, 0.15) is 0 Å². The molecule has 1 amide bonds. The van der Waals surface area contributed by atoms with Crippen molar-refractivity contribution in [1.82, 2.24) is 4.90 Å². The third-order valence-corrected chi connectivity index (χ3v) is 1.81. The molecule has 1 aliphatic rings. The van der Waals surface area contributed by atoms with Gasteiger partial charge in [-0.2, -0.15) is 0 Å². The highest BCUT2D eigenvalue weighted by molar-refractivity contribution is 5.67. The fraction of sp³-hybridized carbons (Fsp3) is 0.875. The number of rotatable bonds is 3. The summed E-state index contributed by atoms with van der Waals surface area (Å²) in [5.41, 5.74) is 0. The standard InChI is InChI=1S/C8H15NO2/c1-3-11-8(10)9(2)6-7-4-5-7/h7H,3-6H2,1-2H3. The van der Waals surface area contributed by atoms with E-state index in [4.69, 9.17) is 4.74 Å². The number of amides is 1. The maximum Gasteiger partial charge on any atom is 0.409 e. The maximum absolute atomic E-state index is 11.0. The zero-order valence-corrected chi connectivity index (χ0v) is 7.17. The second kappa shape index (κ2) is 3.60. The lowest BCUT2D eigenvalue weighted by Gasteiger charge is -2.15. The van der Waals surface area contributed by atoms with Crippen LogP contribution < -0.4 is 0 Å². The molecular formula is C8H15NO2. The van der Waals surface area contributed by atoms with E-state index in [1.165, 1.54) is 12.8 Å². The molecule has 0 aromatic carbocycles. The zero-order valence-electron chi connectivity index (χ0n) is 7.17. The number of hydrogen-bond acceptors (Lipinski definition) is 2. The summed E-state index contributed by atoms with van der Waals surface area (Å²) in [4.78, 5) is 12.7. The molecule has 0 N–H and O–H groups in total. The van der Waals surface area contributed by atoms with Crippen molar-refractivity contribution >= 4 is 6.09 Å². The van der Waals surface area contributed by atoms with Crippen molar-refractivity contribution in [3.8, 4) is 0 Å².